The predicted octanol–water partition coefficient (Wildman–Crippen LogP) is 1.95. The molecule has 0 aliphatic carbocycles. The Balaban J connectivity index is 2.96. The highest BCUT2D eigenvalue weighted by molar-refractivity contribution is 6.36. The number of carboxylic acid groups (broad SMARTS) is 1. The molecule has 0 radical (unpaired) electrons. The predicted molar refractivity (Wildman–Crippen MR) is 62.7 cm³/mol. The van der Waals surface area contributed by atoms with Crippen molar-refractivity contribution in [3.63, 3.8) is 0 Å². The molecule has 1 amide bonds. The van der Waals surface area contributed by atoms with E-state index in [9.17, 15) is 9.59 Å². The zero-order valence-electron chi connectivity index (χ0n) is 8.57. The summed E-state index contributed by atoms with van der Waals surface area (Å²) in [6.45, 7) is -0.0447. The highest BCUT2D eigenvalue weighted by atomic mass is 35.5. The van der Waals surface area contributed by atoms with E-state index in [-0.39, 0.29) is 34.4 Å². The summed E-state index contributed by atoms with van der Waals surface area (Å²) in [5, 5.41) is 9.19. The first-order valence-electron chi connectivity index (χ1n) is 4.55. The summed E-state index contributed by atoms with van der Waals surface area (Å²) in [5.41, 5.74) is 4.77. The maximum absolute atomic E-state index is 10.9. The van der Waals surface area contributed by atoms with Crippen LogP contribution in [0.25, 0.3) is 0 Å². The van der Waals surface area contributed by atoms with E-state index in [1.807, 2.05) is 0 Å². The molecule has 0 saturated heterocycles. The number of aromatic carboxylic acids is 1. The molecule has 5 nitrogen and oxygen atoms in total. The van der Waals surface area contributed by atoms with Crippen LogP contribution in [0.4, 0.5) is 0 Å². The summed E-state index contributed by atoms with van der Waals surface area (Å²) in [6.07, 6.45) is -0.0297. The first-order valence-corrected chi connectivity index (χ1v) is 5.31. The number of hydrogen-bond donors (Lipinski definition) is 2. The van der Waals surface area contributed by atoms with Gasteiger partial charge in [-0.25, -0.2) is 4.79 Å². The molecular formula is C10H9Cl2NO4. The van der Waals surface area contributed by atoms with Crippen LogP contribution in [0.5, 0.6) is 5.75 Å². The van der Waals surface area contributed by atoms with Gasteiger partial charge in [0.05, 0.1) is 18.1 Å². The summed E-state index contributed by atoms with van der Waals surface area (Å²) in [6, 6.07) is 2.57. The first kappa shape index (κ1) is 13.6. The topological polar surface area (TPSA) is 89.6 Å². The molecule has 1 aromatic carbocycles. The number of benzene rings is 1. The van der Waals surface area contributed by atoms with Crippen LogP contribution in [0.15, 0.2) is 12.1 Å². The van der Waals surface area contributed by atoms with Gasteiger partial charge < -0.3 is 15.6 Å². The van der Waals surface area contributed by atoms with Gasteiger partial charge in [0.15, 0.2) is 5.75 Å². The number of rotatable bonds is 5. The molecule has 0 aliphatic heterocycles. The highest BCUT2D eigenvalue weighted by Crippen LogP contribution is 2.32. The number of halogens is 2. The number of primary amides is 1. The van der Waals surface area contributed by atoms with Gasteiger partial charge in [0.2, 0.25) is 5.91 Å². The Hall–Kier alpha value is -1.46. The van der Waals surface area contributed by atoms with E-state index in [1.165, 1.54) is 12.1 Å². The number of nitrogens with two attached hydrogens (primary N) is 1. The van der Waals surface area contributed by atoms with Crippen molar-refractivity contribution < 1.29 is 19.4 Å². The maximum atomic E-state index is 10.9. The van der Waals surface area contributed by atoms with Gasteiger partial charge in [-0.3, -0.25) is 4.79 Å². The summed E-state index contributed by atoms with van der Waals surface area (Å²) < 4.78 is 5.12. The lowest BCUT2D eigenvalue weighted by atomic mass is 10.2. The third-order valence-corrected chi connectivity index (χ3v) is 2.33. The molecule has 1 aromatic rings. The van der Waals surface area contributed by atoms with Crippen molar-refractivity contribution in [1.29, 1.82) is 0 Å². The van der Waals surface area contributed by atoms with E-state index in [2.05, 4.69) is 0 Å². The monoisotopic (exact) mass is 277 g/mol. The van der Waals surface area contributed by atoms with Crippen LogP contribution < -0.4 is 10.5 Å². The molecule has 0 fully saturated rings. The number of ether oxygens (including phenoxy) is 1. The van der Waals surface area contributed by atoms with Crippen molar-refractivity contribution in [2.75, 3.05) is 6.61 Å². The Bertz CT molecular complexity index is 462. The van der Waals surface area contributed by atoms with Gasteiger partial charge in [-0.15, -0.1) is 0 Å². The molecule has 0 aromatic heterocycles. The second-order valence-corrected chi connectivity index (χ2v) is 3.98. The smallest absolute Gasteiger partial charge is 0.339 e. The summed E-state index contributed by atoms with van der Waals surface area (Å²) >= 11 is 11.5. The van der Waals surface area contributed by atoms with Crippen molar-refractivity contribution in [2.45, 2.75) is 6.42 Å². The van der Waals surface area contributed by atoms with Crippen LogP contribution in [0.2, 0.25) is 10.0 Å². The second kappa shape index (κ2) is 5.75. The lowest BCUT2D eigenvalue weighted by Crippen LogP contribution is -2.15. The molecule has 0 bridgehead atoms. The molecule has 17 heavy (non-hydrogen) atoms. The number of hydrogen-bond acceptors (Lipinski definition) is 3. The molecule has 0 unspecified atom stereocenters. The van der Waals surface area contributed by atoms with Gasteiger partial charge in [0, 0.05) is 5.02 Å². The molecule has 7 heteroatoms. The minimum atomic E-state index is -1.22. The average Bonchev–Trinajstić information content (AvgIpc) is 2.19. The van der Waals surface area contributed by atoms with Crippen molar-refractivity contribution in [1.82, 2.24) is 0 Å². The largest absolute Gasteiger partial charge is 0.491 e. The number of amides is 1. The van der Waals surface area contributed by atoms with E-state index >= 15 is 0 Å². The van der Waals surface area contributed by atoms with Crippen molar-refractivity contribution in [3.8, 4) is 5.75 Å². The zero-order chi connectivity index (χ0) is 13.0. The van der Waals surface area contributed by atoms with Crippen LogP contribution in [0.1, 0.15) is 16.8 Å². The summed E-state index contributed by atoms with van der Waals surface area (Å²) in [7, 11) is 0. The van der Waals surface area contributed by atoms with Gasteiger partial charge in [-0.2, -0.15) is 0 Å². The Morgan fingerprint density at radius 3 is 2.53 bits per heavy atom. The molecule has 3 N–H and O–H groups in total. The molecule has 92 valence electrons. The molecular weight excluding hydrogens is 269 g/mol. The SMILES string of the molecule is NC(=O)CCOc1c(Cl)cc(Cl)cc1C(=O)O. The third kappa shape index (κ3) is 3.80. The zero-order valence-corrected chi connectivity index (χ0v) is 10.1. The third-order valence-electron chi connectivity index (χ3n) is 1.83. The van der Waals surface area contributed by atoms with Crippen LogP contribution in [-0.4, -0.2) is 23.6 Å². The standard InChI is InChI=1S/C10H9Cl2NO4/c11-5-3-6(10(15)16)9(7(12)4-5)17-2-1-8(13)14/h3-4H,1-2H2,(H2,13,14)(H,15,16). The quantitative estimate of drug-likeness (QED) is 0.861. The number of carbonyl (C=O) groups is 2. The van der Waals surface area contributed by atoms with Gasteiger partial charge >= 0.3 is 5.97 Å². The Kier molecular flexibility index (Phi) is 4.60. The fraction of sp³-hybridized carbons (Fsp3) is 0.200. The first-order chi connectivity index (χ1) is 7.91. The second-order valence-electron chi connectivity index (χ2n) is 3.13. The van der Waals surface area contributed by atoms with Crippen molar-refractivity contribution in [2.24, 2.45) is 5.73 Å². The molecule has 0 heterocycles. The molecule has 1 rings (SSSR count). The molecule has 0 atom stereocenters. The van der Waals surface area contributed by atoms with Crippen molar-refractivity contribution in [3.05, 3.63) is 27.7 Å². The van der Waals surface area contributed by atoms with Gasteiger partial charge in [-0.05, 0) is 12.1 Å². The fourth-order valence-electron chi connectivity index (χ4n) is 1.12. The maximum Gasteiger partial charge on any atom is 0.339 e. The van der Waals surface area contributed by atoms with Crippen molar-refractivity contribution >= 4 is 35.1 Å². The van der Waals surface area contributed by atoms with Gasteiger partial charge in [0.1, 0.15) is 5.56 Å². The highest BCUT2D eigenvalue weighted by Gasteiger charge is 2.16. The minimum Gasteiger partial charge on any atom is -0.491 e. The van der Waals surface area contributed by atoms with Gasteiger partial charge in [-0.1, -0.05) is 23.2 Å². The molecule has 0 saturated carbocycles. The van der Waals surface area contributed by atoms with Crippen LogP contribution in [-0.2, 0) is 4.79 Å². The Labute approximate surface area is 107 Å². The molecule has 0 spiro atoms. The lowest BCUT2D eigenvalue weighted by molar-refractivity contribution is -0.118. The molecule has 0 aliphatic rings. The van der Waals surface area contributed by atoms with E-state index in [1.54, 1.807) is 0 Å². The van der Waals surface area contributed by atoms with E-state index in [0.717, 1.165) is 0 Å². The normalized spacial score (nSPS) is 10.0. The van der Waals surface area contributed by atoms with E-state index in [4.69, 9.17) is 38.8 Å². The summed E-state index contributed by atoms with van der Waals surface area (Å²) in [5.74, 6) is -1.79. The van der Waals surface area contributed by atoms with E-state index < -0.39 is 11.9 Å². The van der Waals surface area contributed by atoms with Crippen LogP contribution >= 0.6 is 23.2 Å². The van der Waals surface area contributed by atoms with E-state index in [0.29, 0.717) is 0 Å². The fourth-order valence-corrected chi connectivity index (χ4v) is 1.67. The van der Waals surface area contributed by atoms with Crippen LogP contribution in [0, 0.1) is 0 Å². The minimum absolute atomic E-state index is 0.0233. The average molecular weight is 278 g/mol. The number of carbonyl (C=O) groups excluding carboxylic acids is 1. The van der Waals surface area contributed by atoms with Crippen LogP contribution in [0.3, 0.4) is 0 Å². The van der Waals surface area contributed by atoms with Gasteiger partial charge in [0.25, 0.3) is 0 Å². The Morgan fingerprint density at radius 1 is 1.35 bits per heavy atom. The Morgan fingerprint density at radius 2 is 2.00 bits per heavy atom. The number of carboxylic acids is 1. The summed E-state index contributed by atoms with van der Waals surface area (Å²) in [4.78, 5) is 21.5. The lowest BCUT2D eigenvalue weighted by Gasteiger charge is -2.10.